The summed E-state index contributed by atoms with van der Waals surface area (Å²) in [5.41, 5.74) is 2.66. The number of hydrogen-bond donors (Lipinski definition) is 5. The summed E-state index contributed by atoms with van der Waals surface area (Å²) >= 11 is 0. The van der Waals surface area contributed by atoms with E-state index >= 15 is 0 Å². The van der Waals surface area contributed by atoms with Crippen LogP contribution in [0.5, 0.6) is 11.5 Å². The molecule has 14 nitrogen and oxygen atoms in total. The molecule has 0 fully saturated rings. The van der Waals surface area contributed by atoms with Gasteiger partial charge in [-0.25, -0.2) is 0 Å². The maximum absolute atomic E-state index is 14.0. The standard InChI is InChI=1S/C40H53N7O7/c1-27(2)37-40(52)43-20-9-13-29-16-17-33(53-4)34(22-29)54-26-36(49)42-19-10-15-31(44-35(48)25-47(3)24-30-14-8-18-41-23-30)38(50)45-32(39(51)46-37)21-28-11-6-5-7-12-28/h5-8,11-12,14,16-18,22-23,27,31-32,37H,9-10,13,15,19-21,24-26H2,1-4H3,(H,42,49)(H,43,52)(H,44,48)(H,45,50)(H,46,51)/t31-,32-,37+/m0/s1. The van der Waals surface area contributed by atoms with Gasteiger partial charge in [0.15, 0.2) is 18.1 Å². The van der Waals surface area contributed by atoms with Crippen LogP contribution in [0.25, 0.3) is 0 Å². The van der Waals surface area contributed by atoms with Crippen LogP contribution in [0.15, 0.2) is 73.1 Å². The second-order valence-corrected chi connectivity index (χ2v) is 13.8. The van der Waals surface area contributed by atoms with Gasteiger partial charge in [-0.05, 0) is 73.5 Å². The Bertz CT molecular complexity index is 1690. The summed E-state index contributed by atoms with van der Waals surface area (Å²) in [6.07, 6.45) is 5.27. The second kappa shape index (κ2) is 21.3. The van der Waals surface area contributed by atoms with E-state index < -0.39 is 35.8 Å². The van der Waals surface area contributed by atoms with Crippen molar-refractivity contribution in [3.63, 3.8) is 0 Å². The number of nitrogens with zero attached hydrogens (tertiary/aromatic N) is 2. The van der Waals surface area contributed by atoms with Crippen molar-refractivity contribution in [2.24, 2.45) is 5.92 Å². The van der Waals surface area contributed by atoms with Crippen molar-refractivity contribution in [2.75, 3.05) is 40.4 Å². The number of amides is 5. The number of aromatic nitrogens is 1. The molecule has 4 rings (SSSR count). The van der Waals surface area contributed by atoms with Crippen molar-refractivity contribution in [1.82, 2.24) is 36.5 Å². The molecule has 14 heteroatoms. The molecular formula is C40H53N7O7. The topological polar surface area (TPSA) is 180 Å². The summed E-state index contributed by atoms with van der Waals surface area (Å²) in [6.45, 7) is 4.45. The Hall–Kier alpha value is -5.50. The third-order valence-electron chi connectivity index (χ3n) is 8.92. The summed E-state index contributed by atoms with van der Waals surface area (Å²) < 4.78 is 11.2. The number of methoxy groups -OCH3 is 1. The second-order valence-electron chi connectivity index (χ2n) is 13.8. The first-order valence-corrected chi connectivity index (χ1v) is 18.4. The lowest BCUT2D eigenvalue weighted by Gasteiger charge is -2.27. The largest absolute Gasteiger partial charge is 0.493 e. The molecule has 0 unspecified atom stereocenters. The SMILES string of the molecule is COc1ccc2cc1OCC(=O)NCCC[C@H](NC(=O)CN(C)Cc1cccnc1)C(=O)N[C@@H](Cc1ccccc1)C(=O)N[C@H](C(C)C)C(=O)NCCC2. The van der Waals surface area contributed by atoms with Gasteiger partial charge in [0.25, 0.3) is 5.91 Å². The van der Waals surface area contributed by atoms with E-state index in [4.69, 9.17) is 9.47 Å². The predicted molar refractivity (Wildman–Crippen MR) is 203 cm³/mol. The van der Waals surface area contributed by atoms with Crippen molar-refractivity contribution >= 4 is 29.5 Å². The fourth-order valence-corrected chi connectivity index (χ4v) is 6.07. The molecule has 1 aliphatic heterocycles. The Morgan fingerprint density at radius 1 is 0.944 bits per heavy atom. The molecule has 0 aliphatic carbocycles. The molecule has 5 N–H and O–H groups in total. The molecule has 5 amide bonds. The third kappa shape index (κ3) is 13.5. The van der Waals surface area contributed by atoms with Gasteiger partial charge in [0.2, 0.25) is 23.6 Å². The molecule has 2 heterocycles. The first kappa shape index (κ1) is 41.3. The van der Waals surface area contributed by atoms with Gasteiger partial charge in [0, 0.05) is 38.4 Å². The predicted octanol–water partition coefficient (Wildman–Crippen LogP) is 1.91. The van der Waals surface area contributed by atoms with Crippen LogP contribution < -0.4 is 36.1 Å². The molecule has 1 aliphatic rings. The number of fused-ring (bicyclic) bond motifs is 2. The van der Waals surface area contributed by atoms with Gasteiger partial charge in [-0.15, -0.1) is 0 Å². The van der Waals surface area contributed by atoms with Crippen molar-refractivity contribution in [2.45, 2.75) is 70.6 Å². The van der Waals surface area contributed by atoms with Crippen LogP contribution in [0.2, 0.25) is 0 Å². The van der Waals surface area contributed by atoms with E-state index in [1.807, 2.05) is 68.4 Å². The van der Waals surface area contributed by atoms with Gasteiger partial charge < -0.3 is 36.1 Å². The Morgan fingerprint density at radius 3 is 2.43 bits per heavy atom. The number of carbonyl (C=O) groups excluding carboxylic acids is 5. The lowest BCUT2D eigenvalue weighted by Crippen LogP contribution is -2.58. The first-order valence-electron chi connectivity index (χ1n) is 18.4. The Morgan fingerprint density at radius 2 is 1.70 bits per heavy atom. The van der Waals surface area contributed by atoms with Gasteiger partial charge >= 0.3 is 0 Å². The van der Waals surface area contributed by atoms with Gasteiger partial charge in [-0.3, -0.25) is 33.9 Å². The fourth-order valence-electron chi connectivity index (χ4n) is 6.07. The fraction of sp³-hybridized carbons (Fsp3) is 0.450. The average molecular weight is 744 g/mol. The number of rotatable bonds is 9. The minimum absolute atomic E-state index is 0.00345. The molecule has 1 aromatic heterocycles. The molecule has 2 aromatic carbocycles. The molecule has 290 valence electrons. The third-order valence-corrected chi connectivity index (χ3v) is 8.92. The summed E-state index contributed by atoms with van der Waals surface area (Å²) in [5.74, 6) is -1.55. The van der Waals surface area contributed by atoms with Gasteiger partial charge in [0.1, 0.15) is 18.1 Å². The number of benzene rings is 2. The Kier molecular flexibility index (Phi) is 16.2. The van der Waals surface area contributed by atoms with E-state index in [0.717, 1.165) is 16.7 Å². The molecule has 0 saturated carbocycles. The monoisotopic (exact) mass is 743 g/mol. The summed E-state index contributed by atoms with van der Waals surface area (Å²) in [7, 11) is 3.31. The molecule has 0 radical (unpaired) electrons. The molecule has 3 atom stereocenters. The van der Waals surface area contributed by atoms with E-state index in [0.29, 0.717) is 43.9 Å². The van der Waals surface area contributed by atoms with Gasteiger partial charge in [0.05, 0.1) is 13.7 Å². The van der Waals surface area contributed by atoms with Crippen LogP contribution in [0, 0.1) is 5.92 Å². The highest BCUT2D eigenvalue weighted by molar-refractivity contribution is 5.94. The van der Waals surface area contributed by atoms with E-state index in [-0.39, 0.29) is 50.3 Å². The maximum Gasteiger partial charge on any atom is 0.257 e. The molecule has 54 heavy (non-hydrogen) atoms. The van der Waals surface area contributed by atoms with Gasteiger partial charge in [-0.1, -0.05) is 56.3 Å². The van der Waals surface area contributed by atoms with E-state index in [1.165, 1.54) is 7.11 Å². The number of carbonyl (C=O) groups is 5. The lowest BCUT2D eigenvalue weighted by atomic mass is 10.00. The maximum atomic E-state index is 14.0. The zero-order valence-corrected chi connectivity index (χ0v) is 31.6. The number of ether oxygens (including phenoxy) is 2. The number of aryl methyl sites for hydroxylation is 1. The lowest BCUT2D eigenvalue weighted by molar-refractivity contribution is -0.134. The number of hydrogen-bond acceptors (Lipinski definition) is 9. The van der Waals surface area contributed by atoms with Crippen molar-refractivity contribution in [3.8, 4) is 11.5 Å². The molecular weight excluding hydrogens is 690 g/mol. The Balaban J connectivity index is 1.56. The number of pyridine rings is 1. The van der Waals surface area contributed by atoms with E-state index in [2.05, 4.69) is 31.6 Å². The minimum Gasteiger partial charge on any atom is -0.493 e. The number of likely N-dealkylation sites (N-methyl/N-ethyl adjacent to an activating group) is 1. The van der Waals surface area contributed by atoms with E-state index in [9.17, 15) is 24.0 Å². The van der Waals surface area contributed by atoms with Crippen LogP contribution >= 0.6 is 0 Å². The zero-order valence-electron chi connectivity index (χ0n) is 31.6. The van der Waals surface area contributed by atoms with Gasteiger partial charge in [-0.2, -0.15) is 0 Å². The number of nitrogens with one attached hydrogen (secondary N) is 5. The molecule has 0 spiro atoms. The molecule has 3 aromatic rings. The van der Waals surface area contributed by atoms with Crippen LogP contribution in [-0.2, 0) is 43.4 Å². The van der Waals surface area contributed by atoms with Crippen LogP contribution in [0.3, 0.4) is 0 Å². The van der Waals surface area contributed by atoms with Crippen LogP contribution in [0.1, 0.15) is 49.8 Å². The normalized spacial score (nSPS) is 19.6. The quantitative estimate of drug-likeness (QED) is 0.219. The average Bonchev–Trinajstić information content (AvgIpc) is 3.15. The Labute approximate surface area is 317 Å². The minimum atomic E-state index is -1.06. The van der Waals surface area contributed by atoms with Crippen molar-refractivity contribution in [1.29, 1.82) is 0 Å². The molecule has 0 saturated heterocycles. The van der Waals surface area contributed by atoms with Crippen LogP contribution in [-0.4, -0.2) is 97.9 Å². The zero-order chi connectivity index (χ0) is 38.9. The van der Waals surface area contributed by atoms with E-state index in [1.54, 1.807) is 30.4 Å². The van der Waals surface area contributed by atoms with Crippen LogP contribution in [0.4, 0.5) is 0 Å². The summed E-state index contributed by atoms with van der Waals surface area (Å²) in [5, 5.41) is 14.3. The highest BCUT2D eigenvalue weighted by Crippen LogP contribution is 2.28. The van der Waals surface area contributed by atoms with Crippen molar-refractivity contribution in [3.05, 3.63) is 89.7 Å². The summed E-state index contributed by atoms with van der Waals surface area (Å²) in [6, 6.07) is 15.5. The smallest absolute Gasteiger partial charge is 0.257 e. The first-order chi connectivity index (χ1) is 26.0. The molecule has 2 bridgehead atoms. The van der Waals surface area contributed by atoms with Crippen molar-refractivity contribution < 1.29 is 33.4 Å². The summed E-state index contributed by atoms with van der Waals surface area (Å²) in [4.78, 5) is 73.3. The highest BCUT2D eigenvalue weighted by Gasteiger charge is 2.31. The highest BCUT2D eigenvalue weighted by atomic mass is 16.5.